The summed E-state index contributed by atoms with van der Waals surface area (Å²) in [6.07, 6.45) is 8.80. The number of fused-ring (bicyclic) bond motifs is 7. The Morgan fingerprint density at radius 1 is 1.15 bits per heavy atom. The molecule has 1 fully saturated rings. The fraction of sp³-hybridized carbons (Fsp3) is 0.371. The smallest absolute Gasteiger partial charge is 0.321 e. The number of aliphatic carboxylic acids is 1. The Labute approximate surface area is 265 Å². The highest BCUT2D eigenvalue weighted by Crippen LogP contribution is 2.50. The van der Waals surface area contributed by atoms with E-state index in [-0.39, 0.29) is 36.3 Å². The molecule has 2 aromatic rings. The molecule has 1 aliphatic carbocycles. The van der Waals surface area contributed by atoms with Crippen molar-refractivity contribution in [2.24, 2.45) is 17.8 Å². The van der Waals surface area contributed by atoms with E-state index in [1.165, 1.54) is 14.0 Å². The zero-order valence-corrected chi connectivity index (χ0v) is 26.5. The number of hydrogen-bond donors (Lipinski definition) is 6. The molecule has 0 radical (unpaired) electrons. The lowest BCUT2D eigenvalue weighted by Gasteiger charge is -2.25. The number of H-pyrrole nitrogens is 2. The first-order chi connectivity index (χ1) is 21.9. The van der Waals surface area contributed by atoms with Gasteiger partial charge in [-0.25, -0.2) is 0 Å². The number of ketones is 1. The fourth-order valence-electron chi connectivity index (χ4n) is 7.59. The predicted molar refractivity (Wildman–Crippen MR) is 171 cm³/mol. The Morgan fingerprint density at radius 3 is 2.52 bits per heavy atom. The van der Waals surface area contributed by atoms with Crippen molar-refractivity contribution in [2.75, 3.05) is 7.11 Å². The van der Waals surface area contributed by atoms with Gasteiger partial charge in [0.1, 0.15) is 11.5 Å². The predicted octanol–water partition coefficient (Wildman–Crippen LogP) is 1.96. The van der Waals surface area contributed by atoms with Crippen LogP contribution in [0, 0.1) is 24.7 Å². The molecule has 4 aliphatic rings. The number of ether oxygens (including phenoxy) is 1. The van der Waals surface area contributed by atoms with Gasteiger partial charge in [0.25, 0.3) is 0 Å². The summed E-state index contributed by atoms with van der Waals surface area (Å²) in [4.78, 5) is 58.4. The third-order valence-corrected chi connectivity index (χ3v) is 10.1. The van der Waals surface area contributed by atoms with E-state index in [9.17, 15) is 29.4 Å². The molecule has 2 aromatic heterocycles. The second-order valence-corrected chi connectivity index (χ2v) is 12.5. The maximum atomic E-state index is 14.1. The molecule has 5 heterocycles. The van der Waals surface area contributed by atoms with Crippen LogP contribution in [-0.2, 0) is 25.5 Å². The van der Waals surface area contributed by atoms with Crippen LogP contribution in [-0.4, -0.2) is 62.9 Å². The fourth-order valence-corrected chi connectivity index (χ4v) is 7.59. The van der Waals surface area contributed by atoms with Crippen LogP contribution in [0.5, 0.6) is 0 Å². The van der Waals surface area contributed by atoms with E-state index in [1.54, 1.807) is 12.2 Å². The summed E-state index contributed by atoms with van der Waals surface area (Å²) in [5.41, 5.74) is 3.90. The van der Waals surface area contributed by atoms with Crippen LogP contribution in [0.4, 0.5) is 0 Å². The SMILES string of the molecule is C=Cc1c(C)/c2[nH]/c1=C/c1[nH]c(c(CC)c1C=O)/C=C1\NC3=C(C(=O)[C@H](C(=O)OC)/C3=C3/NC(/C=2)[C@@H](C)[C@@H]3CCC(=O)O)[C@]1(C)O. The third kappa shape index (κ3) is 4.52. The van der Waals surface area contributed by atoms with E-state index >= 15 is 0 Å². The molecule has 0 aromatic carbocycles. The van der Waals surface area contributed by atoms with Gasteiger partial charge < -0.3 is 35.6 Å². The number of aromatic nitrogens is 2. The van der Waals surface area contributed by atoms with Gasteiger partial charge >= 0.3 is 11.9 Å². The van der Waals surface area contributed by atoms with Crippen LogP contribution < -0.4 is 21.3 Å². The molecular weight excluding hydrogens is 588 g/mol. The molecule has 0 saturated carbocycles. The number of nitrogens with one attached hydrogen (secondary N) is 4. The number of methoxy groups -OCH3 is 1. The maximum Gasteiger partial charge on any atom is 0.321 e. The number of esters is 1. The minimum absolute atomic E-state index is 0.0342. The van der Waals surface area contributed by atoms with E-state index in [4.69, 9.17) is 4.74 Å². The minimum Gasteiger partial charge on any atom is -0.481 e. The number of allylic oxidation sites excluding steroid dienone is 2. The van der Waals surface area contributed by atoms with Gasteiger partial charge in [-0.05, 0) is 62.0 Å². The summed E-state index contributed by atoms with van der Waals surface area (Å²) in [5.74, 6) is -4.16. The minimum atomic E-state index is -1.82. The lowest BCUT2D eigenvalue weighted by molar-refractivity contribution is -0.147. The largest absolute Gasteiger partial charge is 0.481 e. The average molecular weight is 627 g/mol. The molecule has 6 rings (SSSR count). The molecule has 1 unspecified atom stereocenters. The first-order valence-corrected chi connectivity index (χ1v) is 15.4. The summed E-state index contributed by atoms with van der Waals surface area (Å²) in [7, 11) is 1.21. The Bertz CT molecular complexity index is 1950. The lowest BCUT2D eigenvalue weighted by Crippen LogP contribution is -2.37. The number of aldehydes is 1. The van der Waals surface area contributed by atoms with E-state index in [2.05, 4.69) is 27.2 Å². The number of carboxylic acids is 1. The summed E-state index contributed by atoms with van der Waals surface area (Å²) in [6, 6.07) is -0.318. The summed E-state index contributed by atoms with van der Waals surface area (Å²) < 4.78 is 5.10. The van der Waals surface area contributed by atoms with Crippen molar-refractivity contribution in [3.05, 3.63) is 79.2 Å². The van der Waals surface area contributed by atoms with Crippen LogP contribution in [0.1, 0.15) is 72.0 Å². The van der Waals surface area contributed by atoms with Gasteiger partial charge in [0, 0.05) is 57.2 Å². The molecule has 0 amide bonds. The zero-order valence-electron chi connectivity index (χ0n) is 26.5. The van der Waals surface area contributed by atoms with Crippen molar-refractivity contribution in [1.82, 2.24) is 20.6 Å². The number of hydrogen-bond acceptors (Lipinski definition) is 8. The molecule has 11 heteroatoms. The van der Waals surface area contributed by atoms with Gasteiger partial charge in [-0.2, -0.15) is 0 Å². The first kappa shape index (κ1) is 31.1. The topological polar surface area (TPSA) is 174 Å². The number of aliphatic hydroxyl groups is 1. The van der Waals surface area contributed by atoms with Gasteiger partial charge in [0.15, 0.2) is 12.1 Å². The number of rotatable bonds is 7. The normalized spacial score (nSPS) is 30.4. The van der Waals surface area contributed by atoms with Crippen LogP contribution in [0.2, 0.25) is 0 Å². The Morgan fingerprint density at radius 2 is 1.89 bits per heavy atom. The van der Waals surface area contributed by atoms with Gasteiger partial charge in [-0.3, -0.25) is 19.2 Å². The van der Waals surface area contributed by atoms with Crippen molar-refractivity contribution in [3.63, 3.8) is 0 Å². The van der Waals surface area contributed by atoms with Crippen molar-refractivity contribution in [1.29, 1.82) is 0 Å². The highest BCUT2D eigenvalue weighted by Gasteiger charge is 2.56. The quantitative estimate of drug-likeness (QED) is 0.153. The standard InChI is InChI=1S/C35H38N4O7/c1-7-17-15(3)21-11-22-16(4)19(9-10-27(41)42)31(38-22)28-29(34(44)46-6)33(43)30-32(28)39-26(35(30,5)45)13-25-18(8-2)20(14-40)24(37-25)12-23(17)36-21/h7,11-14,16,19,22,29,36-39,45H,1,8-10H2,2-6H3,(H,41,42)/b21-11+,23-12+,26-13-,31-28-/t16-,19-,22?,29+,35+/m0/s1. The monoisotopic (exact) mass is 626 g/mol. The van der Waals surface area contributed by atoms with Crippen LogP contribution in [0.15, 0.2) is 34.8 Å². The second-order valence-electron chi connectivity index (χ2n) is 12.5. The molecule has 46 heavy (non-hydrogen) atoms. The molecule has 3 aliphatic heterocycles. The summed E-state index contributed by atoms with van der Waals surface area (Å²) >= 11 is 0. The Hall–Kier alpha value is -4.90. The molecule has 11 nitrogen and oxygen atoms in total. The average Bonchev–Trinajstić information content (AvgIpc) is 3.74. The molecule has 240 valence electrons. The van der Waals surface area contributed by atoms with E-state index in [0.29, 0.717) is 46.0 Å². The third-order valence-electron chi connectivity index (χ3n) is 10.1. The van der Waals surface area contributed by atoms with Gasteiger partial charge in [0.2, 0.25) is 0 Å². The molecule has 6 N–H and O–H groups in total. The zero-order chi connectivity index (χ0) is 33.2. The van der Waals surface area contributed by atoms with Crippen LogP contribution >= 0.6 is 0 Å². The molecule has 5 atom stereocenters. The van der Waals surface area contributed by atoms with Crippen molar-refractivity contribution in [2.45, 2.75) is 58.6 Å². The number of aromatic amines is 2. The molecule has 0 spiro atoms. The lowest BCUT2D eigenvalue weighted by atomic mass is 9.83. The van der Waals surface area contributed by atoms with Crippen molar-refractivity contribution < 1.29 is 34.1 Å². The Balaban J connectivity index is 1.71. The van der Waals surface area contributed by atoms with Crippen molar-refractivity contribution >= 4 is 48.3 Å². The van der Waals surface area contributed by atoms with Gasteiger partial charge in [-0.15, -0.1) is 0 Å². The molecule has 1 saturated heterocycles. The second kappa shape index (κ2) is 11.2. The highest BCUT2D eigenvalue weighted by atomic mass is 16.5. The van der Waals surface area contributed by atoms with E-state index in [0.717, 1.165) is 33.7 Å². The molecular formula is C35H38N4O7. The maximum absolute atomic E-state index is 14.1. The van der Waals surface area contributed by atoms with E-state index < -0.39 is 29.2 Å². The highest BCUT2D eigenvalue weighted by molar-refractivity contribution is 6.17. The Kier molecular flexibility index (Phi) is 7.55. The van der Waals surface area contributed by atoms with Gasteiger partial charge in [0.05, 0.1) is 29.8 Å². The molecule has 8 bridgehead atoms. The van der Waals surface area contributed by atoms with Crippen LogP contribution in [0.3, 0.4) is 0 Å². The van der Waals surface area contributed by atoms with Crippen molar-refractivity contribution in [3.8, 4) is 0 Å². The number of carbonyl (C=O) groups is 4. The first-order valence-electron chi connectivity index (χ1n) is 15.4. The number of Topliss-reactive ketones (excluding diaryl/α,β-unsaturated/α-hetero) is 1. The number of carboxylic acid groups (broad SMARTS) is 1. The summed E-state index contributed by atoms with van der Waals surface area (Å²) in [6.45, 7) is 11.4. The summed E-state index contributed by atoms with van der Waals surface area (Å²) in [5, 5.41) is 30.0. The van der Waals surface area contributed by atoms with Crippen LogP contribution in [0.25, 0.3) is 24.3 Å². The number of carbonyl (C=O) groups excluding carboxylic acids is 3. The van der Waals surface area contributed by atoms with E-state index in [1.807, 2.05) is 32.9 Å². The van der Waals surface area contributed by atoms with Gasteiger partial charge in [-0.1, -0.05) is 26.5 Å².